The van der Waals surface area contributed by atoms with E-state index in [-0.39, 0.29) is 5.11 Å². The molecule has 0 bridgehead atoms. The highest BCUT2D eigenvalue weighted by Crippen LogP contribution is 2.11. The number of unbranched alkanes of at least 4 members (excludes halogenated alkanes) is 2. The van der Waals surface area contributed by atoms with Crippen LogP contribution in [0.4, 0.5) is 0 Å². The number of aliphatic imine (C=N–C) groups is 1. The average molecular weight is 328 g/mol. The van der Waals surface area contributed by atoms with Crippen molar-refractivity contribution in [1.82, 2.24) is 15.6 Å². The topological polar surface area (TPSA) is 75.3 Å². The van der Waals surface area contributed by atoms with E-state index in [1.54, 1.807) is 6.20 Å². The lowest BCUT2D eigenvalue weighted by Crippen LogP contribution is -2.44. The van der Waals surface area contributed by atoms with Crippen LogP contribution in [0.15, 0.2) is 23.3 Å². The Morgan fingerprint density at radius 2 is 2.29 bits per heavy atom. The molecule has 0 aromatic carbocycles. The number of aromatic nitrogens is 1. The van der Waals surface area contributed by atoms with Crippen LogP contribution in [0.1, 0.15) is 31.9 Å². The first kappa shape index (κ1) is 17.7. The Morgan fingerprint density at radius 3 is 2.95 bits per heavy atom. The minimum Gasteiger partial charge on any atom is -0.376 e. The quantitative estimate of drug-likeness (QED) is 0.310. The maximum atomic E-state index is 6.07. The number of rotatable bonds is 7. The van der Waals surface area contributed by atoms with Crippen LogP contribution in [-0.2, 0) is 6.42 Å². The molecule has 1 rings (SSSR count). The van der Waals surface area contributed by atoms with Crippen LogP contribution in [0, 0.1) is 0 Å². The van der Waals surface area contributed by atoms with Gasteiger partial charge in [0.25, 0.3) is 0 Å². The molecule has 0 aliphatic carbocycles. The molecule has 4 N–H and O–H groups in total. The summed E-state index contributed by atoms with van der Waals surface area (Å²) in [5.41, 5.74) is 6.35. The number of thiocarbonyl (C=S) groups is 1. The predicted molar refractivity (Wildman–Crippen MR) is 92.7 cm³/mol. The van der Waals surface area contributed by atoms with Crippen LogP contribution in [0.5, 0.6) is 0 Å². The highest BCUT2D eigenvalue weighted by Gasteiger charge is 2.03. The molecule has 0 spiro atoms. The van der Waals surface area contributed by atoms with Crippen LogP contribution >= 0.6 is 23.8 Å². The summed E-state index contributed by atoms with van der Waals surface area (Å²) in [6.07, 6.45) is 5.81. The third kappa shape index (κ3) is 7.82. The van der Waals surface area contributed by atoms with E-state index in [0.29, 0.717) is 23.9 Å². The number of hydrogen-bond acceptors (Lipinski definition) is 3. The van der Waals surface area contributed by atoms with Gasteiger partial charge in [0.05, 0.1) is 10.7 Å². The second-order valence-corrected chi connectivity index (χ2v) is 5.38. The molecule has 1 aromatic heterocycles. The first-order chi connectivity index (χ1) is 10.1. The van der Waals surface area contributed by atoms with E-state index < -0.39 is 0 Å². The van der Waals surface area contributed by atoms with Crippen molar-refractivity contribution in [2.45, 2.75) is 32.6 Å². The summed E-state index contributed by atoms with van der Waals surface area (Å²) in [6.45, 7) is 3.56. The van der Waals surface area contributed by atoms with E-state index in [0.717, 1.165) is 25.1 Å². The van der Waals surface area contributed by atoms with Crippen molar-refractivity contribution in [2.24, 2.45) is 10.7 Å². The van der Waals surface area contributed by atoms with Crippen molar-refractivity contribution in [3.63, 3.8) is 0 Å². The summed E-state index contributed by atoms with van der Waals surface area (Å²) in [4.78, 5) is 8.67. The van der Waals surface area contributed by atoms with Crippen molar-refractivity contribution < 1.29 is 0 Å². The molecule has 0 amide bonds. The Bertz CT molecular complexity index is 478. The lowest BCUT2D eigenvalue weighted by atomic mass is 10.2. The highest BCUT2D eigenvalue weighted by atomic mass is 35.5. The molecule has 116 valence electrons. The second kappa shape index (κ2) is 10.3. The molecular formula is C14H22ClN5S. The van der Waals surface area contributed by atoms with Gasteiger partial charge in [0.15, 0.2) is 11.1 Å². The average Bonchev–Trinajstić information content (AvgIpc) is 2.45. The van der Waals surface area contributed by atoms with Crippen molar-refractivity contribution in [3.05, 3.63) is 29.0 Å². The van der Waals surface area contributed by atoms with E-state index in [9.17, 15) is 0 Å². The number of guanidine groups is 1. The van der Waals surface area contributed by atoms with Gasteiger partial charge in [-0.25, -0.2) is 0 Å². The van der Waals surface area contributed by atoms with Gasteiger partial charge in [-0.15, -0.1) is 0 Å². The molecule has 0 aliphatic rings. The van der Waals surface area contributed by atoms with Gasteiger partial charge in [0.1, 0.15) is 0 Å². The van der Waals surface area contributed by atoms with Gasteiger partial charge in [-0.1, -0.05) is 31.4 Å². The Kier molecular flexibility index (Phi) is 8.69. The van der Waals surface area contributed by atoms with Gasteiger partial charge in [-0.05, 0) is 30.8 Å². The normalized spacial score (nSPS) is 11.2. The van der Waals surface area contributed by atoms with Gasteiger partial charge < -0.3 is 16.4 Å². The lowest BCUT2D eigenvalue weighted by Gasteiger charge is -2.11. The van der Waals surface area contributed by atoms with E-state index in [1.165, 1.54) is 6.42 Å². The predicted octanol–water partition coefficient (Wildman–Crippen LogP) is 2.25. The summed E-state index contributed by atoms with van der Waals surface area (Å²) >= 11 is 10.9. The zero-order chi connectivity index (χ0) is 15.5. The minimum atomic E-state index is 0.201. The lowest BCUT2D eigenvalue weighted by molar-refractivity contribution is 0.721. The number of nitrogens with two attached hydrogens (primary N) is 1. The molecule has 0 radical (unpaired) electrons. The number of halogens is 1. The molecule has 5 nitrogen and oxygen atoms in total. The second-order valence-electron chi connectivity index (χ2n) is 4.54. The van der Waals surface area contributed by atoms with Gasteiger partial charge in [0, 0.05) is 25.7 Å². The minimum absolute atomic E-state index is 0.201. The SMILES string of the molecule is CCCCCN=C(NCCc1ncccc1Cl)NC(N)=S. The summed E-state index contributed by atoms with van der Waals surface area (Å²) < 4.78 is 0. The Labute approximate surface area is 136 Å². The van der Waals surface area contributed by atoms with Gasteiger partial charge in [0.2, 0.25) is 0 Å². The van der Waals surface area contributed by atoms with E-state index in [1.807, 2.05) is 12.1 Å². The molecule has 21 heavy (non-hydrogen) atoms. The Balaban J connectivity index is 2.45. The molecule has 0 unspecified atom stereocenters. The van der Waals surface area contributed by atoms with E-state index in [4.69, 9.17) is 29.6 Å². The summed E-state index contributed by atoms with van der Waals surface area (Å²) in [6, 6.07) is 3.64. The Morgan fingerprint density at radius 1 is 1.48 bits per heavy atom. The molecule has 1 heterocycles. The van der Waals surface area contributed by atoms with Crippen molar-refractivity contribution in [2.75, 3.05) is 13.1 Å². The third-order valence-electron chi connectivity index (χ3n) is 2.76. The molecule has 0 fully saturated rings. The summed E-state index contributed by atoms with van der Waals surface area (Å²) in [5.74, 6) is 0.602. The maximum absolute atomic E-state index is 6.07. The molecule has 0 atom stereocenters. The summed E-state index contributed by atoms with van der Waals surface area (Å²) in [5, 5.41) is 6.90. The molecule has 7 heteroatoms. The third-order valence-corrected chi connectivity index (χ3v) is 3.21. The molecule has 0 saturated heterocycles. The van der Waals surface area contributed by atoms with Crippen molar-refractivity contribution in [3.8, 4) is 0 Å². The monoisotopic (exact) mass is 327 g/mol. The number of nitrogens with zero attached hydrogens (tertiary/aromatic N) is 2. The van der Waals surface area contributed by atoms with Gasteiger partial charge >= 0.3 is 0 Å². The first-order valence-electron chi connectivity index (χ1n) is 7.07. The number of hydrogen-bond donors (Lipinski definition) is 3. The molecular weight excluding hydrogens is 306 g/mol. The standard InChI is InChI=1S/C14H22ClN5S/c1-2-3-4-8-18-14(20-13(16)21)19-10-7-12-11(15)6-5-9-17-12/h5-6,9H,2-4,7-8,10H2,1H3,(H4,16,18,19,20,21). The summed E-state index contributed by atoms with van der Waals surface area (Å²) in [7, 11) is 0. The highest BCUT2D eigenvalue weighted by molar-refractivity contribution is 7.80. The van der Waals surface area contributed by atoms with Crippen molar-refractivity contribution in [1.29, 1.82) is 0 Å². The van der Waals surface area contributed by atoms with Gasteiger partial charge in [-0.2, -0.15) is 0 Å². The van der Waals surface area contributed by atoms with Crippen LogP contribution in [-0.4, -0.2) is 29.1 Å². The fraction of sp³-hybridized carbons (Fsp3) is 0.500. The first-order valence-corrected chi connectivity index (χ1v) is 7.86. The van der Waals surface area contributed by atoms with Crippen LogP contribution in [0.25, 0.3) is 0 Å². The zero-order valence-electron chi connectivity index (χ0n) is 12.2. The zero-order valence-corrected chi connectivity index (χ0v) is 13.8. The van der Waals surface area contributed by atoms with Crippen molar-refractivity contribution >= 4 is 34.9 Å². The Hall–Kier alpha value is -1.40. The van der Waals surface area contributed by atoms with Crippen LogP contribution in [0.3, 0.4) is 0 Å². The fourth-order valence-corrected chi connectivity index (χ4v) is 2.02. The molecule has 0 saturated carbocycles. The molecule has 0 aliphatic heterocycles. The maximum Gasteiger partial charge on any atom is 0.197 e. The molecule has 1 aromatic rings. The number of pyridine rings is 1. The number of nitrogens with one attached hydrogen (secondary N) is 2. The largest absolute Gasteiger partial charge is 0.376 e. The van der Waals surface area contributed by atoms with E-state index in [2.05, 4.69) is 27.5 Å². The van der Waals surface area contributed by atoms with Gasteiger partial charge in [-0.3, -0.25) is 9.98 Å². The smallest absolute Gasteiger partial charge is 0.197 e. The van der Waals surface area contributed by atoms with E-state index >= 15 is 0 Å². The van der Waals surface area contributed by atoms with Crippen LogP contribution < -0.4 is 16.4 Å². The van der Waals surface area contributed by atoms with Crippen LogP contribution in [0.2, 0.25) is 5.02 Å². The fourth-order valence-electron chi connectivity index (χ4n) is 1.71.